The number of aryl methyl sites for hydroxylation is 3. The van der Waals surface area contributed by atoms with E-state index in [2.05, 4.69) is 0 Å². The minimum atomic E-state index is -3.59. The predicted octanol–water partition coefficient (Wildman–Crippen LogP) is 3.57. The number of nitrogens with zero attached hydrogens (tertiary/aromatic N) is 1. The third kappa shape index (κ3) is 3.36. The van der Waals surface area contributed by atoms with Gasteiger partial charge in [0.15, 0.2) is 0 Å². The van der Waals surface area contributed by atoms with E-state index in [9.17, 15) is 12.8 Å². The molecule has 0 N–H and O–H groups in total. The number of halogens is 1. The van der Waals surface area contributed by atoms with E-state index in [0.717, 1.165) is 22.3 Å². The molecule has 5 heteroatoms. The largest absolute Gasteiger partial charge is 0.243 e. The zero-order chi connectivity index (χ0) is 16.5. The molecule has 3 nitrogen and oxygen atoms in total. The summed E-state index contributed by atoms with van der Waals surface area (Å²) in [6, 6.07) is 9.58. The van der Waals surface area contributed by atoms with Crippen LogP contribution in [0.4, 0.5) is 4.39 Å². The van der Waals surface area contributed by atoms with Crippen molar-refractivity contribution in [1.29, 1.82) is 0 Å². The SMILES string of the molecule is Cc1cc(C)c(S(=O)(=O)N(C)Cc2ccc(F)cc2)c(C)c1. The number of benzene rings is 2. The van der Waals surface area contributed by atoms with Crippen LogP contribution in [0, 0.1) is 26.6 Å². The molecule has 2 aromatic rings. The van der Waals surface area contributed by atoms with E-state index in [4.69, 9.17) is 0 Å². The highest BCUT2D eigenvalue weighted by Crippen LogP contribution is 2.25. The lowest BCUT2D eigenvalue weighted by atomic mass is 10.1. The molecule has 118 valence electrons. The summed E-state index contributed by atoms with van der Waals surface area (Å²) in [6.45, 7) is 5.76. The second kappa shape index (κ2) is 6.18. The quantitative estimate of drug-likeness (QED) is 0.863. The van der Waals surface area contributed by atoms with Gasteiger partial charge in [0.05, 0.1) is 4.90 Å². The van der Waals surface area contributed by atoms with Crippen molar-refractivity contribution in [2.75, 3.05) is 7.05 Å². The van der Waals surface area contributed by atoms with Crippen molar-refractivity contribution in [3.63, 3.8) is 0 Å². The Morgan fingerprint density at radius 1 is 1.00 bits per heavy atom. The summed E-state index contributed by atoms with van der Waals surface area (Å²) < 4.78 is 39.8. The maximum absolute atomic E-state index is 12.9. The topological polar surface area (TPSA) is 37.4 Å². The minimum Gasteiger partial charge on any atom is -0.207 e. The maximum atomic E-state index is 12.9. The molecule has 0 atom stereocenters. The smallest absolute Gasteiger partial charge is 0.207 e. The Labute approximate surface area is 131 Å². The Morgan fingerprint density at radius 3 is 2.00 bits per heavy atom. The molecule has 0 fully saturated rings. The molecule has 0 radical (unpaired) electrons. The predicted molar refractivity (Wildman–Crippen MR) is 85.7 cm³/mol. The summed E-state index contributed by atoms with van der Waals surface area (Å²) in [7, 11) is -2.05. The number of sulfonamides is 1. The van der Waals surface area contributed by atoms with Crippen molar-refractivity contribution in [3.8, 4) is 0 Å². The molecule has 0 aliphatic rings. The summed E-state index contributed by atoms with van der Waals surface area (Å²) >= 11 is 0. The number of hydrogen-bond acceptors (Lipinski definition) is 2. The summed E-state index contributed by atoms with van der Waals surface area (Å²) in [5, 5.41) is 0. The van der Waals surface area contributed by atoms with Crippen LogP contribution in [-0.4, -0.2) is 19.8 Å². The lowest BCUT2D eigenvalue weighted by Crippen LogP contribution is -2.27. The van der Waals surface area contributed by atoms with Crippen LogP contribution in [0.15, 0.2) is 41.3 Å². The fourth-order valence-corrected chi connectivity index (χ4v) is 4.22. The molecule has 0 saturated carbocycles. The molecule has 2 rings (SSSR count). The van der Waals surface area contributed by atoms with Gasteiger partial charge in [-0.2, -0.15) is 4.31 Å². The second-order valence-electron chi connectivity index (χ2n) is 5.62. The Morgan fingerprint density at radius 2 is 1.50 bits per heavy atom. The van der Waals surface area contributed by atoms with Crippen LogP contribution >= 0.6 is 0 Å². The molecule has 0 aliphatic heterocycles. The Balaban J connectivity index is 2.36. The molecule has 22 heavy (non-hydrogen) atoms. The van der Waals surface area contributed by atoms with Gasteiger partial charge in [0.1, 0.15) is 5.82 Å². The van der Waals surface area contributed by atoms with E-state index in [0.29, 0.717) is 4.90 Å². The van der Waals surface area contributed by atoms with Gasteiger partial charge < -0.3 is 0 Å². The monoisotopic (exact) mass is 321 g/mol. The van der Waals surface area contributed by atoms with Crippen LogP contribution in [0.2, 0.25) is 0 Å². The van der Waals surface area contributed by atoms with E-state index in [-0.39, 0.29) is 12.4 Å². The van der Waals surface area contributed by atoms with Crippen LogP contribution in [0.5, 0.6) is 0 Å². The van der Waals surface area contributed by atoms with Gasteiger partial charge in [0.2, 0.25) is 10.0 Å². The van der Waals surface area contributed by atoms with Gasteiger partial charge in [-0.3, -0.25) is 0 Å². The Kier molecular flexibility index (Phi) is 4.68. The molecule has 0 saturated heterocycles. The normalized spacial score (nSPS) is 11.9. The number of hydrogen-bond donors (Lipinski definition) is 0. The average Bonchev–Trinajstić information content (AvgIpc) is 2.39. The second-order valence-corrected chi connectivity index (χ2v) is 7.60. The van der Waals surface area contributed by atoms with Gasteiger partial charge >= 0.3 is 0 Å². The van der Waals surface area contributed by atoms with E-state index in [1.807, 2.05) is 19.1 Å². The summed E-state index contributed by atoms with van der Waals surface area (Å²) in [5.41, 5.74) is 3.26. The molecule has 0 aliphatic carbocycles. The molecule has 0 heterocycles. The van der Waals surface area contributed by atoms with Crippen LogP contribution in [0.3, 0.4) is 0 Å². The van der Waals surface area contributed by atoms with Gasteiger partial charge in [-0.1, -0.05) is 29.8 Å². The van der Waals surface area contributed by atoms with Crippen molar-refractivity contribution in [1.82, 2.24) is 4.31 Å². The molecule has 0 spiro atoms. The lowest BCUT2D eigenvalue weighted by molar-refractivity contribution is 0.465. The van der Waals surface area contributed by atoms with E-state index in [1.165, 1.54) is 23.5 Å². The maximum Gasteiger partial charge on any atom is 0.243 e. The van der Waals surface area contributed by atoms with Crippen molar-refractivity contribution in [3.05, 3.63) is 64.5 Å². The van der Waals surface area contributed by atoms with Crippen molar-refractivity contribution in [2.45, 2.75) is 32.2 Å². The molecule has 0 unspecified atom stereocenters. The molecular formula is C17H20FNO2S. The van der Waals surface area contributed by atoms with Crippen molar-refractivity contribution < 1.29 is 12.8 Å². The van der Waals surface area contributed by atoms with Crippen LogP contribution in [-0.2, 0) is 16.6 Å². The zero-order valence-electron chi connectivity index (χ0n) is 13.2. The number of rotatable bonds is 4. The highest BCUT2D eigenvalue weighted by atomic mass is 32.2. The van der Waals surface area contributed by atoms with Crippen LogP contribution in [0.1, 0.15) is 22.3 Å². The van der Waals surface area contributed by atoms with Gasteiger partial charge in [0, 0.05) is 13.6 Å². The highest BCUT2D eigenvalue weighted by Gasteiger charge is 2.25. The molecular weight excluding hydrogens is 301 g/mol. The Hall–Kier alpha value is -1.72. The molecule has 0 amide bonds. The summed E-state index contributed by atoms with van der Waals surface area (Å²) in [6.07, 6.45) is 0. The minimum absolute atomic E-state index is 0.204. The third-order valence-corrected chi connectivity index (χ3v) is 5.70. The van der Waals surface area contributed by atoms with Crippen LogP contribution < -0.4 is 0 Å². The average molecular weight is 321 g/mol. The van der Waals surface area contributed by atoms with Gasteiger partial charge in [-0.05, 0) is 49.6 Å². The molecule has 2 aromatic carbocycles. The summed E-state index contributed by atoms with van der Waals surface area (Å²) in [5.74, 6) is -0.334. The first-order chi connectivity index (χ1) is 10.2. The standard InChI is InChI=1S/C17H20FNO2S/c1-12-9-13(2)17(14(3)10-12)22(20,21)19(4)11-15-5-7-16(18)8-6-15/h5-10H,11H2,1-4H3. The third-order valence-electron chi connectivity index (χ3n) is 3.59. The highest BCUT2D eigenvalue weighted by molar-refractivity contribution is 7.89. The van der Waals surface area contributed by atoms with E-state index < -0.39 is 10.0 Å². The van der Waals surface area contributed by atoms with Gasteiger partial charge in [-0.15, -0.1) is 0 Å². The van der Waals surface area contributed by atoms with E-state index in [1.54, 1.807) is 26.0 Å². The first-order valence-electron chi connectivity index (χ1n) is 7.00. The Bertz CT molecular complexity index is 760. The zero-order valence-corrected chi connectivity index (χ0v) is 14.0. The van der Waals surface area contributed by atoms with E-state index >= 15 is 0 Å². The van der Waals surface area contributed by atoms with Crippen LogP contribution in [0.25, 0.3) is 0 Å². The van der Waals surface area contributed by atoms with Gasteiger partial charge in [-0.25, -0.2) is 12.8 Å². The molecule has 0 aromatic heterocycles. The molecule has 0 bridgehead atoms. The summed E-state index contributed by atoms with van der Waals surface area (Å²) in [4.78, 5) is 0.350. The van der Waals surface area contributed by atoms with Crippen molar-refractivity contribution in [2.24, 2.45) is 0 Å². The fraction of sp³-hybridized carbons (Fsp3) is 0.294. The fourth-order valence-electron chi connectivity index (χ4n) is 2.66. The first-order valence-corrected chi connectivity index (χ1v) is 8.44. The first kappa shape index (κ1) is 16.6. The lowest BCUT2D eigenvalue weighted by Gasteiger charge is -2.20. The van der Waals surface area contributed by atoms with Crippen molar-refractivity contribution >= 4 is 10.0 Å². The van der Waals surface area contributed by atoms with Gasteiger partial charge in [0.25, 0.3) is 0 Å².